The topological polar surface area (TPSA) is 97.0 Å². The molecular weight excluding hydrogens is 288 g/mol. The van der Waals surface area contributed by atoms with Gasteiger partial charge in [0.2, 0.25) is 0 Å². The number of nitrogens with one attached hydrogen (secondary N) is 1. The fraction of sp³-hybridized carbons (Fsp3) is 0.385. The first-order valence-electron chi connectivity index (χ1n) is 6.71. The number of nitrogen functional groups attached to an aromatic ring is 1. The molecule has 2 heterocycles. The lowest BCUT2D eigenvalue weighted by atomic mass is 10.3. The number of carbonyl (C=O) groups excluding carboxylic acids is 1. The van der Waals surface area contributed by atoms with Crippen molar-refractivity contribution < 1.29 is 4.79 Å². The lowest BCUT2D eigenvalue weighted by Crippen LogP contribution is -2.23. The number of aromatic nitrogens is 3. The Morgan fingerprint density at radius 3 is 2.81 bits per heavy atom. The van der Waals surface area contributed by atoms with Gasteiger partial charge in [0.05, 0.1) is 12.2 Å². The summed E-state index contributed by atoms with van der Waals surface area (Å²) < 4.78 is 0. The lowest BCUT2D eigenvalue weighted by Gasteiger charge is -2.16. The molecule has 21 heavy (non-hydrogen) atoms. The van der Waals surface area contributed by atoms with Crippen molar-refractivity contribution in [1.82, 2.24) is 20.5 Å². The molecule has 0 unspecified atom stereocenters. The fourth-order valence-electron chi connectivity index (χ4n) is 1.79. The predicted molar refractivity (Wildman–Crippen MR) is 83.3 cm³/mol. The number of anilines is 2. The molecule has 0 aliphatic carbocycles. The monoisotopic (exact) mass is 306 g/mol. The standard InChI is InChI=1S/C13H18N6OS/c1-3-19(4-2)13-17-11(14)10(21-13)12(20)15-8-9-6-5-7-16-18-9/h5-7H,3-4,8,14H2,1-2H3,(H,15,20). The Balaban J connectivity index is 2.05. The van der Waals surface area contributed by atoms with E-state index in [1.807, 2.05) is 13.8 Å². The van der Waals surface area contributed by atoms with Gasteiger partial charge in [-0.25, -0.2) is 4.98 Å². The van der Waals surface area contributed by atoms with Gasteiger partial charge < -0.3 is 16.0 Å². The van der Waals surface area contributed by atoms with Gasteiger partial charge in [0.15, 0.2) is 5.13 Å². The summed E-state index contributed by atoms with van der Waals surface area (Å²) >= 11 is 1.30. The first-order chi connectivity index (χ1) is 10.2. The van der Waals surface area contributed by atoms with Crippen LogP contribution in [0.15, 0.2) is 18.3 Å². The highest BCUT2D eigenvalue weighted by molar-refractivity contribution is 7.18. The number of thiazole rings is 1. The highest BCUT2D eigenvalue weighted by atomic mass is 32.1. The third kappa shape index (κ3) is 3.66. The molecule has 3 N–H and O–H groups in total. The zero-order valence-corrected chi connectivity index (χ0v) is 12.9. The minimum absolute atomic E-state index is 0.242. The number of amides is 1. The van der Waals surface area contributed by atoms with Crippen LogP contribution in [0.3, 0.4) is 0 Å². The van der Waals surface area contributed by atoms with Gasteiger partial charge in [0.25, 0.3) is 5.91 Å². The van der Waals surface area contributed by atoms with Crippen LogP contribution in [0.1, 0.15) is 29.2 Å². The zero-order chi connectivity index (χ0) is 15.2. The average molecular weight is 306 g/mol. The molecule has 0 radical (unpaired) electrons. The van der Waals surface area contributed by atoms with Crippen molar-refractivity contribution in [1.29, 1.82) is 0 Å². The number of carbonyl (C=O) groups is 1. The summed E-state index contributed by atoms with van der Waals surface area (Å²) in [6.07, 6.45) is 1.59. The molecule has 2 rings (SSSR count). The molecule has 0 aromatic carbocycles. The number of hydrogen-bond acceptors (Lipinski definition) is 7. The summed E-state index contributed by atoms with van der Waals surface area (Å²) in [5.74, 6) is 0.0209. The second-order valence-electron chi connectivity index (χ2n) is 4.28. The number of rotatable bonds is 6. The van der Waals surface area contributed by atoms with Crippen molar-refractivity contribution in [3.05, 3.63) is 28.9 Å². The molecule has 0 saturated carbocycles. The van der Waals surface area contributed by atoms with Crippen LogP contribution in [0.4, 0.5) is 10.9 Å². The van der Waals surface area contributed by atoms with Crippen LogP contribution < -0.4 is 16.0 Å². The van der Waals surface area contributed by atoms with Gasteiger partial charge in [-0.15, -0.1) is 0 Å². The minimum atomic E-state index is -0.242. The molecule has 1 amide bonds. The van der Waals surface area contributed by atoms with Gasteiger partial charge in [-0.1, -0.05) is 11.3 Å². The summed E-state index contributed by atoms with van der Waals surface area (Å²) in [5, 5.41) is 11.2. The van der Waals surface area contributed by atoms with Crippen LogP contribution in [0.2, 0.25) is 0 Å². The molecule has 0 fully saturated rings. The molecular formula is C13H18N6OS. The quantitative estimate of drug-likeness (QED) is 0.834. The molecule has 8 heteroatoms. The van der Waals surface area contributed by atoms with E-state index in [2.05, 4.69) is 25.4 Å². The van der Waals surface area contributed by atoms with Gasteiger partial charge in [0, 0.05) is 19.3 Å². The van der Waals surface area contributed by atoms with Crippen molar-refractivity contribution >= 4 is 28.2 Å². The summed E-state index contributed by atoms with van der Waals surface area (Å²) in [6.45, 7) is 6.03. The van der Waals surface area contributed by atoms with Crippen molar-refractivity contribution in [3.63, 3.8) is 0 Å². The zero-order valence-electron chi connectivity index (χ0n) is 12.0. The van der Waals surface area contributed by atoms with E-state index in [0.29, 0.717) is 17.1 Å². The van der Waals surface area contributed by atoms with E-state index in [1.165, 1.54) is 11.3 Å². The van der Waals surface area contributed by atoms with E-state index in [1.54, 1.807) is 18.3 Å². The van der Waals surface area contributed by atoms with Gasteiger partial charge in [-0.3, -0.25) is 4.79 Å². The van der Waals surface area contributed by atoms with Crippen LogP contribution in [-0.4, -0.2) is 34.2 Å². The summed E-state index contributed by atoms with van der Waals surface area (Å²) in [6, 6.07) is 3.57. The first-order valence-corrected chi connectivity index (χ1v) is 7.53. The molecule has 0 spiro atoms. The van der Waals surface area contributed by atoms with Gasteiger partial charge in [0.1, 0.15) is 10.7 Å². The maximum atomic E-state index is 12.2. The summed E-state index contributed by atoms with van der Waals surface area (Å²) in [5.41, 5.74) is 6.53. The predicted octanol–water partition coefficient (Wildman–Crippen LogP) is 1.29. The highest BCUT2D eigenvalue weighted by Crippen LogP contribution is 2.27. The van der Waals surface area contributed by atoms with Crippen molar-refractivity contribution in [2.24, 2.45) is 0 Å². The molecule has 0 bridgehead atoms. The van der Waals surface area contributed by atoms with Crippen LogP contribution in [0.25, 0.3) is 0 Å². The summed E-state index contributed by atoms with van der Waals surface area (Å²) in [7, 11) is 0. The molecule has 112 valence electrons. The SMILES string of the molecule is CCN(CC)c1nc(N)c(C(=O)NCc2cccnn2)s1. The van der Waals surface area contributed by atoms with Gasteiger partial charge >= 0.3 is 0 Å². The van der Waals surface area contributed by atoms with Crippen LogP contribution in [0.5, 0.6) is 0 Å². The van der Waals surface area contributed by atoms with E-state index < -0.39 is 0 Å². The number of hydrogen-bond donors (Lipinski definition) is 2. The van der Waals surface area contributed by atoms with E-state index >= 15 is 0 Å². The first kappa shape index (κ1) is 15.2. The van der Waals surface area contributed by atoms with Crippen molar-refractivity contribution in [2.75, 3.05) is 23.7 Å². The molecule has 2 aromatic heterocycles. The van der Waals surface area contributed by atoms with Crippen molar-refractivity contribution in [3.8, 4) is 0 Å². The second-order valence-corrected chi connectivity index (χ2v) is 5.26. The molecule has 7 nitrogen and oxygen atoms in total. The Morgan fingerprint density at radius 2 is 2.19 bits per heavy atom. The van der Waals surface area contributed by atoms with Gasteiger partial charge in [-0.05, 0) is 26.0 Å². The van der Waals surface area contributed by atoms with E-state index in [4.69, 9.17) is 5.73 Å². The van der Waals surface area contributed by atoms with Crippen LogP contribution in [-0.2, 0) is 6.54 Å². The van der Waals surface area contributed by atoms with Gasteiger partial charge in [-0.2, -0.15) is 10.2 Å². The smallest absolute Gasteiger partial charge is 0.265 e. The Hall–Kier alpha value is -2.22. The summed E-state index contributed by atoms with van der Waals surface area (Å²) in [4.78, 5) is 18.9. The molecule has 0 saturated heterocycles. The Morgan fingerprint density at radius 1 is 1.43 bits per heavy atom. The maximum absolute atomic E-state index is 12.2. The van der Waals surface area contributed by atoms with E-state index in [-0.39, 0.29) is 11.7 Å². The Labute approximate surface area is 127 Å². The second kappa shape index (κ2) is 6.98. The maximum Gasteiger partial charge on any atom is 0.265 e. The highest BCUT2D eigenvalue weighted by Gasteiger charge is 2.18. The van der Waals surface area contributed by atoms with Crippen LogP contribution in [0, 0.1) is 0 Å². The molecule has 2 aromatic rings. The molecule has 0 atom stereocenters. The number of nitrogens with two attached hydrogens (primary N) is 1. The Bertz CT molecular complexity index is 596. The molecule has 0 aliphatic heterocycles. The largest absolute Gasteiger partial charge is 0.382 e. The fourth-order valence-corrected chi connectivity index (χ4v) is 2.82. The third-order valence-electron chi connectivity index (χ3n) is 2.94. The Kier molecular flexibility index (Phi) is 5.04. The van der Waals surface area contributed by atoms with E-state index in [9.17, 15) is 4.79 Å². The normalized spacial score (nSPS) is 10.4. The third-order valence-corrected chi connectivity index (χ3v) is 4.07. The minimum Gasteiger partial charge on any atom is -0.382 e. The average Bonchev–Trinajstić information content (AvgIpc) is 2.89. The molecule has 0 aliphatic rings. The van der Waals surface area contributed by atoms with Crippen LogP contribution >= 0.6 is 11.3 Å². The lowest BCUT2D eigenvalue weighted by molar-refractivity contribution is 0.0955. The van der Waals surface area contributed by atoms with Crippen molar-refractivity contribution in [2.45, 2.75) is 20.4 Å². The number of nitrogens with zero attached hydrogens (tertiary/aromatic N) is 4. The van der Waals surface area contributed by atoms with E-state index in [0.717, 1.165) is 18.2 Å².